The molecule has 2 aromatic rings. The van der Waals surface area contributed by atoms with Gasteiger partial charge in [0.1, 0.15) is 12.4 Å². The highest BCUT2D eigenvalue weighted by molar-refractivity contribution is 7.90. The van der Waals surface area contributed by atoms with E-state index in [1.54, 1.807) is 40.8 Å². The zero-order chi connectivity index (χ0) is 23.1. The summed E-state index contributed by atoms with van der Waals surface area (Å²) in [5, 5.41) is -0.0297. The molecule has 0 aliphatic heterocycles. The number of ether oxygens (including phenoxy) is 3. The third-order valence-corrected chi connectivity index (χ3v) is 6.93. The number of aromatic nitrogens is 2. The third-order valence-electron chi connectivity index (χ3n) is 5.34. The summed E-state index contributed by atoms with van der Waals surface area (Å²) in [7, 11) is 0.838. The van der Waals surface area contributed by atoms with E-state index in [1.165, 1.54) is 20.4 Å². The zero-order valence-corrected chi connectivity index (χ0v) is 19.6. The average Bonchev–Trinajstić information content (AvgIpc) is 3.49. The summed E-state index contributed by atoms with van der Waals surface area (Å²) in [6.07, 6.45) is 3.73. The molecule has 1 aliphatic carbocycles. The van der Waals surface area contributed by atoms with E-state index < -0.39 is 9.84 Å². The summed E-state index contributed by atoms with van der Waals surface area (Å²) >= 11 is 0. The van der Waals surface area contributed by atoms with Gasteiger partial charge in [0.25, 0.3) is 0 Å². The lowest BCUT2D eigenvalue weighted by Gasteiger charge is -2.23. The summed E-state index contributed by atoms with van der Waals surface area (Å²) in [6, 6.07) is 6.95. The van der Waals surface area contributed by atoms with Crippen LogP contribution in [-0.2, 0) is 42.9 Å². The number of imidazole rings is 1. The van der Waals surface area contributed by atoms with Gasteiger partial charge < -0.3 is 23.7 Å². The Morgan fingerprint density at radius 2 is 2.00 bits per heavy atom. The van der Waals surface area contributed by atoms with Gasteiger partial charge in [-0.1, -0.05) is 12.1 Å². The van der Waals surface area contributed by atoms with E-state index >= 15 is 0 Å². The second-order valence-electron chi connectivity index (χ2n) is 7.94. The van der Waals surface area contributed by atoms with Crippen molar-refractivity contribution in [3.05, 3.63) is 41.7 Å². The molecule has 0 radical (unpaired) electrons. The van der Waals surface area contributed by atoms with Gasteiger partial charge in [-0.15, -0.1) is 0 Å². The second-order valence-corrected chi connectivity index (χ2v) is 9.82. The van der Waals surface area contributed by atoms with Crippen LogP contribution >= 0.6 is 0 Å². The number of benzene rings is 1. The normalized spacial score (nSPS) is 13.8. The highest BCUT2D eigenvalue weighted by Crippen LogP contribution is 2.30. The SMILES string of the molecule is COCCn1c(CN(CC2CC2)C(=O)COC)cnc1S(=O)(=O)Cc1cccc(OC)c1. The number of rotatable bonds is 13. The minimum atomic E-state index is -3.74. The van der Waals surface area contributed by atoms with E-state index in [2.05, 4.69) is 4.98 Å². The number of nitrogens with zero attached hydrogens (tertiary/aromatic N) is 3. The minimum absolute atomic E-state index is 0.0140. The molecule has 32 heavy (non-hydrogen) atoms. The van der Waals surface area contributed by atoms with E-state index in [9.17, 15) is 13.2 Å². The van der Waals surface area contributed by atoms with Crippen LogP contribution in [0.4, 0.5) is 0 Å². The van der Waals surface area contributed by atoms with Crippen LogP contribution in [-0.4, -0.2) is 69.9 Å². The molecule has 1 amide bonds. The Balaban J connectivity index is 1.88. The van der Waals surface area contributed by atoms with Crippen LogP contribution in [0.1, 0.15) is 24.1 Å². The van der Waals surface area contributed by atoms with Crippen LogP contribution in [0, 0.1) is 5.92 Å². The van der Waals surface area contributed by atoms with Gasteiger partial charge in [0.05, 0.1) is 37.9 Å². The lowest BCUT2D eigenvalue weighted by atomic mass is 10.2. The molecule has 3 rings (SSSR count). The van der Waals surface area contributed by atoms with Crippen molar-refractivity contribution in [1.82, 2.24) is 14.5 Å². The van der Waals surface area contributed by atoms with E-state index in [0.29, 0.717) is 42.6 Å². The summed E-state index contributed by atoms with van der Waals surface area (Å²) in [6.45, 7) is 1.52. The van der Waals surface area contributed by atoms with E-state index in [1.807, 2.05) is 0 Å². The first-order valence-electron chi connectivity index (χ1n) is 10.5. The number of carbonyl (C=O) groups excluding carboxylic acids is 1. The summed E-state index contributed by atoms with van der Waals surface area (Å²) in [5.74, 6) is 0.748. The van der Waals surface area contributed by atoms with Gasteiger partial charge in [0.2, 0.25) is 20.9 Å². The highest BCUT2D eigenvalue weighted by atomic mass is 32.2. The van der Waals surface area contributed by atoms with Gasteiger partial charge >= 0.3 is 0 Å². The van der Waals surface area contributed by atoms with Crippen molar-refractivity contribution in [2.75, 3.05) is 41.1 Å². The Morgan fingerprint density at radius 3 is 2.66 bits per heavy atom. The van der Waals surface area contributed by atoms with Gasteiger partial charge in [-0.25, -0.2) is 13.4 Å². The first kappa shape index (κ1) is 24.2. The first-order chi connectivity index (χ1) is 15.4. The molecule has 1 fully saturated rings. The van der Waals surface area contributed by atoms with Crippen molar-refractivity contribution < 1.29 is 27.4 Å². The average molecular weight is 466 g/mol. The molecule has 0 atom stereocenters. The molecule has 9 nitrogen and oxygen atoms in total. The van der Waals surface area contributed by atoms with Gasteiger partial charge in [-0.05, 0) is 36.5 Å². The molecule has 0 unspecified atom stereocenters. The monoisotopic (exact) mass is 465 g/mol. The van der Waals surface area contributed by atoms with Crippen molar-refractivity contribution >= 4 is 15.7 Å². The zero-order valence-electron chi connectivity index (χ0n) is 18.8. The van der Waals surface area contributed by atoms with Crippen molar-refractivity contribution in [2.45, 2.75) is 36.8 Å². The van der Waals surface area contributed by atoms with Gasteiger partial charge in [0.15, 0.2) is 0 Å². The Morgan fingerprint density at radius 1 is 1.22 bits per heavy atom. The molecule has 0 N–H and O–H groups in total. The Bertz CT molecular complexity index is 1020. The predicted octanol–water partition coefficient (Wildman–Crippen LogP) is 1.90. The lowest BCUT2D eigenvalue weighted by molar-refractivity contribution is -0.136. The van der Waals surface area contributed by atoms with Crippen molar-refractivity contribution in [3.63, 3.8) is 0 Å². The van der Waals surface area contributed by atoms with Gasteiger partial charge in [0, 0.05) is 27.3 Å². The molecule has 1 saturated carbocycles. The molecule has 1 aromatic carbocycles. The molecule has 176 valence electrons. The lowest BCUT2D eigenvalue weighted by Crippen LogP contribution is -2.36. The first-order valence-corrected chi connectivity index (χ1v) is 12.2. The standard InChI is InChI=1S/C22H31N3O6S/c1-29-10-9-25-19(14-24(13-17-7-8-17)21(26)15-30-2)12-23-22(25)32(27,28)16-18-5-4-6-20(11-18)31-3/h4-6,11-12,17H,7-10,13-16H2,1-3H3. The topological polar surface area (TPSA) is 100.0 Å². The van der Waals surface area contributed by atoms with Gasteiger partial charge in [-0.2, -0.15) is 0 Å². The molecule has 1 aromatic heterocycles. The van der Waals surface area contributed by atoms with E-state index in [-0.39, 0.29) is 30.0 Å². The number of amides is 1. The fourth-order valence-corrected chi connectivity index (χ4v) is 5.02. The predicted molar refractivity (Wildman–Crippen MR) is 118 cm³/mol. The van der Waals surface area contributed by atoms with Crippen molar-refractivity contribution in [2.24, 2.45) is 5.92 Å². The Labute approximate surface area is 189 Å². The number of hydrogen-bond donors (Lipinski definition) is 0. The summed E-state index contributed by atoms with van der Waals surface area (Å²) in [5.41, 5.74) is 1.26. The third kappa shape index (κ3) is 6.30. The fourth-order valence-electron chi connectivity index (χ4n) is 3.51. The summed E-state index contributed by atoms with van der Waals surface area (Å²) in [4.78, 5) is 18.5. The maximum atomic E-state index is 13.2. The van der Waals surface area contributed by atoms with Crippen LogP contribution in [0.3, 0.4) is 0 Å². The molecule has 1 aliphatic rings. The van der Waals surface area contributed by atoms with E-state index in [0.717, 1.165) is 12.8 Å². The molecule has 10 heteroatoms. The maximum Gasteiger partial charge on any atom is 0.248 e. The highest BCUT2D eigenvalue weighted by Gasteiger charge is 2.29. The van der Waals surface area contributed by atoms with Crippen LogP contribution in [0.5, 0.6) is 5.75 Å². The second kappa shape index (κ2) is 10.9. The van der Waals surface area contributed by atoms with Crippen LogP contribution < -0.4 is 4.74 Å². The molecule has 0 saturated heterocycles. The molecular formula is C22H31N3O6S. The van der Waals surface area contributed by atoms with Crippen LogP contribution in [0.2, 0.25) is 0 Å². The van der Waals surface area contributed by atoms with Gasteiger partial charge in [-0.3, -0.25) is 4.79 Å². The van der Waals surface area contributed by atoms with Crippen LogP contribution in [0.25, 0.3) is 0 Å². The molecule has 0 spiro atoms. The number of hydrogen-bond acceptors (Lipinski definition) is 7. The van der Waals surface area contributed by atoms with Crippen molar-refractivity contribution in [1.29, 1.82) is 0 Å². The smallest absolute Gasteiger partial charge is 0.248 e. The number of carbonyl (C=O) groups is 1. The number of methoxy groups -OCH3 is 3. The Hall–Kier alpha value is -2.43. The summed E-state index contributed by atoms with van der Waals surface area (Å²) < 4.78 is 43.5. The van der Waals surface area contributed by atoms with E-state index in [4.69, 9.17) is 14.2 Å². The molecule has 0 bridgehead atoms. The number of sulfone groups is 1. The van der Waals surface area contributed by atoms with Crippen molar-refractivity contribution in [3.8, 4) is 5.75 Å². The fraction of sp³-hybridized carbons (Fsp3) is 0.545. The Kier molecular flexibility index (Phi) is 8.27. The molecule has 1 heterocycles. The minimum Gasteiger partial charge on any atom is -0.497 e. The largest absolute Gasteiger partial charge is 0.497 e. The quantitative estimate of drug-likeness (QED) is 0.445. The van der Waals surface area contributed by atoms with Crippen LogP contribution in [0.15, 0.2) is 35.6 Å². The molecular weight excluding hydrogens is 434 g/mol. The maximum absolute atomic E-state index is 13.2.